The van der Waals surface area contributed by atoms with E-state index in [0.717, 1.165) is 24.4 Å². The minimum absolute atomic E-state index is 0.208. The van der Waals surface area contributed by atoms with Gasteiger partial charge in [-0.2, -0.15) is 0 Å². The summed E-state index contributed by atoms with van der Waals surface area (Å²) in [4.78, 5) is 14.1. The van der Waals surface area contributed by atoms with E-state index < -0.39 is 0 Å². The number of rotatable bonds is 10. The Morgan fingerprint density at radius 3 is 2.46 bits per heavy atom. The van der Waals surface area contributed by atoms with Crippen LogP contribution in [0.4, 0.5) is 16.2 Å². The predicted molar refractivity (Wildman–Crippen MR) is 105 cm³/mol. The number of nitrogens with zero attached hydrogens (tertiary/aromatic N) is 1. The second-order valence-corrected chi connectivity index (χ2v) is 5.86. The Balaban J connectivity index is 1.64. The van der Waals surface area contributed by atoms with E-state index in [-0.39, 0.29) is 6.03 Å². The molecule has 0 aliphatic rings. The van der Waals surface area contributed by atoms with E-state index in [2.05, 4.69) is 27.7 Å². The van der Waals surface area contributed by atoms with E-state index in [4.69, 9.17) is 9.47 Å². The third kappa shape index (κ3) is 7.03. The lowest BCUT2D eigenvalue weighted by atomic mass is 10.3. The highest BCUT2D eigenvalue weighted by molar-refractivity contribution is 5.89. The smallest absolute Gasteiger partial charge is 0.319 e. The van der Waals surface area contributed by atoms with Crippen LogP contribution in [0.3, 0.4) is 0 Å². The molecule has 2 aromatic carbocycles. The zero-order valence-corrected chi connectivity index (χ0v) is 15.4. The molecule has 0 bridgehead atoms. The van der Waals surface area contributed by atoms with Crippen LogP contribution in [0.1, 0.15) is 6.42 Å². The Kier molecular flexibility index (Phi) is 8.29. The van der Waals surface area contributed by atoms with Gasteiger partial charge in [-0.1, -0.05) is 18.2 Å². The number of ether oxygens (including phenoxy) is 2. The number of benzene rings is 2. The second-order valence-electron chi connectivity index (χ2n) is 5.86. The first-order valence-corrected chi connectivity index (χ1v) is 8.72. The van der Waals surface area contributed by atoms with Crippen LogP contribution in [0, 0.1) is 0 Å². The van der Waals surface area contributed by atoms with E-state index in [1.54, 1.807) is 7.11 Å². The van der Waals surface area contributed by atoms with Crippen molar-refractivity contribution in [1.82, 2.24) is 5.32 Å². The molecule has 26 heavy (non-hydrogen) atoms. The number of anilines is 2. The molecule has 140 valence electrons. The number of hydrogen-bond acceptors (Lipinski definition) is 4. The summed E-state index contributed by atoms with van der Waals surface area (Å²) in [5.41, 5.74) is 1.90. The zero-order chi connectivity index (χ0) is 18.6. The Morgan fingerprint density at radius 1 is 1.04 bits per heavy atom. The van der Waals surface area contributed by atoms with Gasteiger partial charge in [0, 0.05) is 38.6 Å². The second kappa shape index (κ2) is 11.0. The van der Waals surface area contributed by atoms with Crippen LogP contribution in [0.2, 0.25) is 0 Å². The van der Waals surface area contributed by atoms with Gasteiger partial charge in [-0.25, -0.2) is 4.79 Å². The summed E-state index contributed by atoms with van der Waals surface area (Å²) in [5.74, 6) is 0.747. The van der Waals surface area contributed by atoms with Gasteiger partial charge in [0.05, 0.1) is 6.61 Å². The first kappa shape index (κ1) is 19.6. The molecular formula is C20H27N3O3. The van der Waals surface area contributed by atoms with Gasteiger partial charge in [0.2, 0.25) is 0 Å². The van der Waals surface area contributed by atoms with Gasteiger partial charge < -0.3 is 25.0 Å². The normalized spacial score (nSPS) is 10.2. The van der Waals surface area contributed by atoms with E-state index in [1.807, 2.05) is 49.5 Å². The molecule has 0 aromatic heterocycles. The summed E-state index contributed by atoms with van der Waals surface area (Å²) < 4.78 is 10.4. The van der Waals surface area contributed by atoms with Crippen molar-refractivity contribution in [3.05, 3.63) is 54.6 Å². The number of methoxy groups -OCH3 is 1. The number of para-hydroxylation sites is 1. The fourth-order valence-electron chi connectivity index (χ4n) is 2.38. The molecular weight excluding hydrogens is 330 g/mol. The summed E-state index contributed by atoms with van der Waals surface area (Å²) in [6, 6.07) is 17.2. The zero-order valence-electron chi connectivity index (χ0n) is 15.4. The first-order chi connectivity index (χ1) is 12.7. The first-order valence-electron chi connectivity index (χ1n) is 8.72. The number of amides is 2. The molecule has 0 heterocycles. The van der Waals surface area contributed by atoms with Gasteiger partial charge in [-0.3, -0.25) is 0 Å². The molecule has 6 nitrogen and oxygen atoms in total. The van der Waals surface area contributed by atoms with Crippen LogP contribution in [0.15, 0.2) is 54.6 Å². The third-order valence-electron chi connectivity index (χ3n) is 3.82. The molecule has 0 saturated carbocycles. The van der Waals surface area contributed by atoms with Crippen LogP contribution in [-0.2, 0) is 4.74 Å². The Morgan fingerprint density at radius 2 is 1.77 bits per heavy atom. The SMILES string of the molecule is COCCOc1ccc(NC(=O)NCCCN(C)c2ccccc2)cc1. The number of carbonyl (C=O) groups excluding carboxylic acids is 1. The highest BCUT2D eigenvalue weighted by Gasteiger charge is 2.03. The highest BCUT2D eigenvalue weighted by Crippen LogP contribution is 2.15. The van der Waals surface area contributed by atoms with Gasteiger partial charge in [0.15, 0.2) is 0 Å². The van der Waals surface area contributed by atoms with E-state index in [1.165, 1.54) is 5.69 Å². The number of urea groups is 1. The fourth-order valence-corrected chi connectivity index (χ4v) is 2.38. The van der Waals surface area contributed by atoms with Crippen LogP contribution in [0.5, 0.6) is 5.75 Å². The maximum atomic E-state index is 11.9. The van der Waals surface area contributed by atoms with Crippen molar-refractivity contribution in [3.8, 4) is 5.75 Å². The van der Waals surface area contributed by atoms with Gasteiger partial charge in [0.25, 0.3) is 0 Å². The van der Waals surface area contributed by atoms with Crippen LogP contribution < -0.4 is 20.3 Å². The molecule has 0 fully saturated rings. The van der Waals surface area contributed by atoms with Crippen molar-refractivity contribution in [2.24, 2.45) is 0 Å². The molecule has 2 N–H and O–H groups in total. The van der Waals surface area contributed by atoms with Crippen molar-refractivity contribution in [2.75, 3.05) is 50.7 Å². The lowest BCUT2D eigenvalue weighted by Crippen LogP contribution is -2.31. The molecule has 0 saturated heterocycles. The van der Waals surface area contributed by atoms with Crippen molar-refractivity contribution in [3.63, 3.8) is 0 Å². The summed E-state index contributed by atoms with van der Waals surface area (Å²) >= 11 is 0. The number of hydrogen-bond donors (Lipinski definition) is 2. The Labute approximate surface area is 155 Å². The molecule has 0 atom stereocenters. The summed E-state index contributed by atoms with van der Waals surface area (Å²) in [6.07, 6.45) is 0.866. The molecule has 0 aliphatic heterocycles. The molecule has 6 heteroatoms. The van der Waals surface area contributed by atoms with Gasteiger partial charge in [-0.15, -0.1) is 0 Å². The molecule has 2 rings (SSSR count). The van der Waals surface area contributed by atoms with Gasteiger partial charge >= 0.3 is 6.03 Å². The van der Waals surface area contributed by atoms with Gasteiger partial charge in [0.1, 0.15) is 12.4 Å². The summed E-state index contributed by atoms with van der Waals surface area (Å²) in [7, 11) is 3.68. The van der Waals surface area contributed by atoms with E-state index >= 15 is 0 Å². The minimum atomic E-state index is -0.208. The van der Waals surface area contributed by atoms with Crippen molar-refractivity contribution in [1.29, 1.82) is 0 Å². The molecule has 0 unspecified atom stereocenters. The monoisotopic (exact) mass is 357 g/mol. The Hall–Kier alpha value is -2.73. The van der Waals surface area contributed by atoms with E-state index in [0.29, 0.717) is 19.8 Å². The van der Waals surface area contributed by atoms with Gasteiger partial charge in [-0.05, 0) is 42.8 Å². The lowest BCUT2D eigenvalue weighted by molar-refractivity contribution is 0.146. The number of nitrogens with one attached hydrogen (secondary N) is 2. The molecule has 2 amide bonds. The lowest BCUT2D eigenvalue weighted by Gasteiger charge is -2.19. The molecule has 0 radical (unpaired) electrons. The predicted octanol–water partition coefficient (Wildman–Crippen LogP) is 3.36. The maximum Gasteiger partial charge on any atom is 0.319 e. The average Bonchev–Trinajstić information content (AvgIpc) is 2.67. The molecule has 0 aliphatic carbocycles. The quantitative estimate of drug-likeness (QED) is 0.640. The topological polar surface area (TPSA) is 62.8 Å². The average molecular weight is 357 g/mol. The summed E-state index contributed by atoms with van der Waals surface area (Å²) in [5, 5.41) is 5.68. The highest BCUT2D eigenvalue weighted by atomic mass is 16.5. The van der Waals surface area contributed by atoms with Crippen LogP contribution in [-0.4, -0.2) is 46.5 Å². The standard InChI is InChI=1S/C20H27N3O3/c1-23(18-7-4-3-5-8-18)14-6-13-21-20(24)22-17-9-11-19(12-10-17)26-16-15-25-2/h3-5,7-12H,6,13-16H2,1-2H3,(H2,21,22,24). The maximum absolute atomic E-state index is 11.9. The summed E-state index contributed by atoms with van der Waals surface area (Å²) in [6.45, 7) is 2.53. The minimum Gasteiger partial charge on any atom is -0.491 e. The fraction of sp³-hybridized carbons (Fsp3) is 0.350. The van der Waals surface area contributed by atoms with Crippen molar-refractivity contribution in [2.45, 2.75) is 6.42 Å². The van der Waals surface area contributed by atoms with Crippen molar-refractivity contribution < 1.29 is 14.3 Å². The largest absolute Gasteiger partial charge is 0.491 e. The number of carbonyl (C=O) groups is 1. The molecule has 2 aromatic rings. The van der Waals surface area contributed by atoms with Crippen molar-refractivity contribution >= 4 is 17.4 Å². The van der Waals surface area contributed by atoms with E-state index in [9.17, 15) is 4.79 Å². The third-order valence-corrected chi connectivity index (χ3v) is 3.82. The Bertz CT molecular complexity index is 647. The molecule has 0 spiro atoms. The van der Waals surface area contributed by atoms with Crippen LogP contribution >= 0.6 is 0 Å². The van der Waals surface area contributed by atoms with Crippen LogP contribution in [0.25, 0.3) is 0 Å².